The molecule has 0 N–H and O–H groups in total. The van der Waals surface area contributed by atoms with Gasteiger partial charge in [-0.15, -0.1) is 11.8 Å². The second-order valence-electron chi connectivity index (χ2n) is 8.85. The van der Waals surface area contributed by atoms with E-state index in [0.29, 0.717) is 42.6 Å². The normalized spacial score (nSPS) is 15.1. The van der Waals surface area contributed by atoms with Gasteiger partial charge in [0.2, 0.25) is 5.78 Å². The third kappa shape index (κ3) is 5.85. The number of likely N-dealkylation sites (tertiary alicyclic amines) is 1. The second kappa shape index (κ2) is 9.81. The van der Waals surface area contributed by atoms with Gasteiger partial charge in [-0.05, 0) is 55.3 Å². The molecule has 0 radical (unpaired) electrons. The van der Waals surface area contributed by atoms with Gasteiger partial charge in [0, 0.05) is 29.0 Å². The van der Waals surface area contributed by atoms with E-state index in [9.17, 15) is 14.0 Å². The summed E-state index contributed by atoms with van der Waals surface area (Å²) in [7, 11) is 0. The lowest BCUT2D eigenvalue weighted by molar-refractivity contribution is -0.149. The predicted octanol–water partition coefficient (Wildman–Crippen LogP) is 4.84. The van der Waals surface area contributed by atoms with E-state index in [0.717, 1.165) is 17.7 Å². The molecule has 1 aliphatic heterocycles. The maximum absolute atomic E-state index is 14.3. The number of aromatic nitrogens is 1. The molecule has 2 aromatic rings. The summed E-state index contributed by atoms with van der Waals surface area (Å²) in [6, 6.07) is 8.68. The number of hydrogen-bond donors (Lipinski definition) is 0. The number of ketones is 1. The van der Waals surface area contributed by atoms with Crippen molar-refractivity contribution in [3.8, 4) is 17.0 Å². The number of carbonyl (C=O) groups excluding carboxylic acids is 2. The van der Waals surface area contributed by atoms with Gasteiger partial charge >= 0.3 is 0 Å². The van der Waals surface area contributed by atoms with Crippen LogP contribution in [0.1, 0.15) is 33.6 Å². The molecule has 0 unspecified atom stereocenters. The van der Waals surface area contributed by atoms with Crippen molar-refractivity contribution in [2.45, 2.75) is 38.5 Å². The third-order valence-electron chi connectivity index (χ3n) is 5.45. The highest BCUT2D eigenvalue weighted by Crippen LogP contribution is 2.27. The number of piperidine rings is 1. The molecule has 1 fully saturated rings. The molecule has 5 nitrogen and oxygen atoms in total. The van der Waals surface area contributed by atoms with E-state index >= 15 is 0 Å². The van der Waals surface area contributed by atoms with Gasteiger partial charge in [-0.25, -0.2) is 4.39 Å². The van der Waals surface area contributed by atoms with Gasteiger partial charge in [-0.3, -0.25) is 14.6 Å². The number of halogens is 1. The van der Waals surface area contributed by atoms with Crippen LogP contribution in [0, 0.1) is 17.2 Å². The molecule has 0 spiro atoms. The molecule has 0 bridgehead atoms. The highest BCUT2D eigenvalue weighted by molar-refractivity contribution is 7.98. The summed E-state index contributed by atoms with van der Waals surface area (Å²) in [5.41, 5.74) is 0.370. The SMILES string of the molecule is CSc1ccc(-c2ccc(OCC3CCN(C(=O)C(=O)C(C)(C)C)CC3)cn2)c(F)c1. The maximum atomic E-state index is 14.3. The van der Waals surface area contributed by atoms with Gasteiger partial charge in [-0.2, -0.15) is 0 Å². The fourth-order valence-electron chi connectivity index (χ4n) is 3.44. The van der Waals surface area contributed by atoms with Crippen LogP contribution in [0.4, 0.5) is 4.39 Å². The molecule has 1 aliphatic rings. The maximum Gasteiger partial charge on any atom is 0.290 e. The Bertz CT molecular complexity index is 933. The van der Waals surface area contributed by atoms with Gasteiger partial charge in [0.05, 0.1) is 18.5 Å². The third-order valence-corrected chi connectivity index (χ3v) is 6.18. The van der Waals surface area contributed by atoms with Crippen molar-refractivity contribution >= 4 is 23.5 Å². The minimum atomic E-state index is -0.657. The monoisotopic (exact) mass is 444 g/mol. The van der Waals surface area contributed by atoms with Crippen molar-refractivity contribution in [3.05, 3.63) is 42.3 Å². The van der Waals surface area contributed by atoms with Crippen molar-refractivity contribution in [2.75, 3.05) is 26.0 Å². The first-order valence-corrected chi connectivity index (χ1v) is 11.7. The second-order valence-corrected chi connectivity index (χ2v) is 9.73. The molecular weight excluding hydrogens is 415 g/mol. The van der Waals surface area contributed by atoms with Crippen LogP contribution in [0.15, 0.2) is 41.4 Å². The largest absolute Gasteiger partial charge is 0.492 e. The average molecular weight is 445 g/mol. The topological polar surface area (TPSA) is 59.5 Å². The van der Waals surface area contributed by atoms with E-state index < -0.39 is 5.41 Å². The lowest BCUT2D eigenvalue weighted by Gasteiger charge is -2.32. The summed E-state index contributed by atoms with van der Waals surface area (Å²) >= 11 is 1.49. The van der Waals surface area contributed by atoms with Gasteiger partial charge < -0.3 is 9.64 Å². The van der Waals surface area contributed by atoms with Crippen LogP contribution >= 0.6 is 11.8 Å². The number of pyridine rings is 1. The fraction of sp³-hybridized carbons (Fsp3) is 0.458. The number of rotatable bonds is 6. The average Bonchev–Trinajstić information content (AvgIpc) is 2.76. The summed E-state index contributed by atoms with van der Waals surface area (Å²) in [6.45, 7) is 6.95. The van der Waals surface area contributed by atoms with Crippen molar-refractivity contribution in [3.63, 3.8) is 0 Å². The molecular formula is C24H29FN2O3S. The molecule has 1 saturated heterocycles. The standard InChI is InChI=1S/C24H29FN2O3S/c1-24(2,3)22(28)23(29)27-11-9-16(10-12-27)15-30-17-5-8-21(26-14-17)19-7-6-18(31-4)13-20(19)25/h5-8,13-14,16H,9-12,15H2,1-4H3. The molecule has 0 saturated carbocycles. The summed E-state index contributed by atoms with van der Waals surface area (Å²) in [5, 5.41) is 0. The van der Waals surface area contributed by atoms with E-state index in [2.05, 4.69) is 4.98 Å². The molecule has 2 heterocycles. The Morgan fingerprint density at radius 1 is 1.19 bits per heavy atom. The molecule has 31 heavy (non-hydrogen) atoms. The van der Waals surface area contributed by atoms with Crippen LogP contribution < -0.4 is 4.74 Å². The molecule has 3 rings (SSSR count). The number of hydrogen-bond acceptors (Lipinski definition) is 5. The Balaban J connectivity index is 1.50. The molecule has 1 aromatic carbocycles. The molecule has 1 amide bonds. The Hall–Kier alpha value is -2.41. The van der Waals surface area contributed by atoms with Crippen molar-refractivity contribution in [1.82, 2.24) is 9.88 Å². The predicted molar refractivity (Wildman–Crippen MR) is 121 cm³/mol. The van der Waals surface area contributed by atoms with E-state index in [1.165, 1.54) is 17.8 Å². The summed E-state index contributed by atoms with van der Waals surface area (Å²) in [4.78, 5) is 31.4. The zero-order valence-electron chi connectivity index (χ0n) is 18.5. The lowest BCUT2D eigenvalue weighted by Crippen LogP contribution is -2.46. The summed E-state index contributed by atoms with van der Waals surface area (Å²) in [6.07, 6.45) is 5.10. The molecule has 7 heteroatoms. The van der Waals surface area contributed by atoms with Gasteiger partial charge in [0.25, 0.3) is 5.91 Å². The Labute approximate surface area is 187 Å². The number of benzene rings is 1. The number of thioether (sulfide) groups is 1. The van der Waals surface area contributed by atoms with Crippen molar-refractivity contribution < 1.29 is 18.7 Å². The van der Waals surface area contributed by atoms with E-state index in [1.54, 1.807) is 50.1 Å². The van der Waals surface area contributed by atoms with Gasteiger partial charge in [0.1, 0.15) is 11.6 Å². The fourth-order valence-corrected chi connectivity index (χ4v) is 3.86. The molecule has 0 atom stereocenters. The number of ether oxygens (including phenoxy) is 1. The van der Waals surface area contributed by atoms with Crippen molar-refractivity contribution in [2.24, 2.45) is 11.3 Å². The first-order chi connectivity index (χ1) is 14.7. The first kappa shape index (κ1) is 23.3. The number of carbonyl (C=O) groups is 2. The molecule has 0 aliphatic carbocycles. The highest BCUT2D eigenvalue weighted by atomic mass is 32.2. The minimum absolute atomic E-state index is 0.292. The van der Waals surface area contributed by atoms with Crippen LogP contribution in [0.3, 0.4) is 0 Å². The van der Waals surface area contributed by atoms with E-state index in [4.69, 9.17) is 4.74 Å². The van der Waals surface area contributed by atoms with Crippen molar-refractivity contribution in [1.29, 1.82) is 0 Å². The summed E-state index contributed by atoms with van der Waals surface area (Å²) in [5.74, 6) is -0.0760. The zero-order chi connectivity index (χ0) is 22.6. The van der Waals surface area contributed by atoms with Gasteiger partial charge in [-0.1, -0.05) is 20.8 Å². The highest BCUT2D eigenvalue weighted by Gasteiger charge is 2.33. The van der Waals surface area contributed by atoms with Crippen LogP contribution in [0.2, 0.25) is 0 Å². The van der Waals surface area contributed by atoms with Crippen LogP contribution in [-0.2, 0) is 9.59 Å². The Kier molecular flexibility index (Phi) is 7.36. The van der Waals surface area contributed by atoms with Crippen LogP contribution in [0.25, 0.3) is 11.3 Å². The summed E-state index contributed by atoms with van der Waals surface area (Å²) < 4.78 is 20.2. The zero-order valence-corrected chi connectivity index (χ0v) is 19.3. The Morgan fingerprint density at radius 2 is 1.90 bits per heavy atom. The van der Waals surface area contributed by atoms with E-state index in [1.807, 2.05) is 12.3 Å². The van der Waals surface area contributed by atoms with Crippen LogP contribution in [-0.4, -0.2) is 47.5 Å². The smallest absolute Gasteiger partial charge is 0.290 e. The number of Topliss-reactive ketones (excluding diaryl/α,β-unsaturated/α-hetero) is 1. The van der Waals surface area contributed by atoms with Crippen LogP contribution in [0.5, 0.6) is 5.75 Å². The molecule has 166 valence electrons. The number of nitrogens with zero attached hydrogens (tertiary/aromatic N) is 2. The number of amides is 1. The minimum Gasteiger partial charge on any atom is -0.492 e. The van der Waals surface area contributed by atoms with E-state index in [-0.39, 0.29) is 17.5 Å². The first-order valence-electron chi connectivity index (χ1n) is 10.5. The van der Waals surface area contributed by atoms with Gasteiger partial charge in [0.15, 0.2) is 0 Å². The Morgan fingerprint density at radius 3 is 2.45 bits per heavy atom. The lowest BCUT2D eigenvalue weighted by atomic mass is 9.89. The quantitative estimate of drug-likeness (QED) is 0.471. The molecule has 1 aromatic heterocycles.